The monoisotopic (exact) mass is 371 g/mol. The van der Waals surface area contributed by atoms with Crippen LogP contribution in [0.15, 0.2) is 47.2 Å². The van der Waals surface area contributed by atoms with Crippen molar-refractivity contribution in [2.45, 2.75) is 37.2 Å². The van der Waals surface area contributed by atoms with E-state index in [9.17, 15) is 9.90 Å². The van der Waals surface area contributed by atoms with Crippen LogP contribution in [-0.2, 0) is 10.2 Å². The molecular weight excluding hydrogens is 350 g/mol. The van der Waals surface area contributed by atoms with Crippen molar-refractivity contribution in [2.75, 3.05) is 6.54 Å². The number of thiophene rings is 2. The molecular formula is C20H21NO2S2. The van der Waals surface area contributed by atoms with E-state index < -0.39 is 11.5 Å². The first-order valence-corrected chi connectivity index (χ1v) is 10.4. The molecule has 3 nitrogen and oxygen atoms in total. The lowest BCUT2D eigenvalue weighted by molar-refractivity contribution is -0.127. The van der Waals surface area contributed by atoms with E-state index >= 15 is 0 Å². The highest BCUT2D eigenvalue weighted by atomic mass is 32.1. The molecule has 0 saturated heterocycles. The second-order valence-electron chi connectivity index (χ2n) is 6.68. The van der Waals surface area contributed by atoms with E-state index in [2.05, 4.69) is 17.4 Å². The number of aliphatic hydroxyl groups is 1. The minimum absolute atomic E-state index is 0.0611. The van der Waals surface area contributed by atoms with Gasteiger partial charge in [-0.05, 0) is 41.1 Å². The molecule has 1 amide bonds. The molecule has 25 heavy (non-hydrogen) atoms. The van der Waals surface area contributed by atoms with E-state index in [4.69, 9.17) is 0 Å². The van der Waals surface area contributed by atoms with Crippen LogP contribution in [0.25, 0.3) is 10.1 Å². The van der Waals surface area contributed by atoms with Gasteiger partial charge in [0.1, 0.15) is 0 Å². The number of carbonyl (C=O) groups is 1. The van der Waals surface area contributed by atoms with Crippen molar-refractivity contribution in [3.05, 3.63) is 57.6 Å². The second-order valence-corrected chi connectivity index (χ2v) is 8.54. The Kier molecular flexibility index (Phi) is 4.63. The molecule has 1 saturated carbocycles. The van der Waals surface area contributed by atoms with Crippen LogP contribution in [0, 0.1) is 0 Å². The summed E-state index contributed by atoms with van der Waals surface area (Å²) in [5.74, 6) is 0.0611. The molecule has 1 unspecified atom stereocenters. The van der Waals surface area contributed by atoms with Crippen LogP contribution in [-0.4, -0.2) is 17.6 Å². The lowest BCUT2D eigenvalue weighted by Crippen LogP contribution is -2.43. The van der Waals surface area contributed by atoms with Crippen LogP contribution in [0.4, 0.5) is 0 Å². The van der Waals surface area contributed by atoms with Crippen LogP contribution in [0.3, 0.4) is 0 Å². The third-order valence-corrected chi connectivity index (χ3v) is 7.27. The summed E-state index contributed by atoms with van der Waals surface area (Å²) in [5.41, 5.74) is 0.502. The van der Waals surface area contributed by atoms with Gasteiger partial charge >= 0.3 is 0 Å². The number of aliphatic hydroxyl groups excluding tert-OH is 1. The zero-order valence-corrected chi connectivity index (χ0v) is 15.5. The Balaban J connectivity index is 1.49. The average Bonchev–Trinajstić information content (AvgIpc) is 3.39. The van der Waals surface area contributed by atoms with E-state index in [-0.39, 0.29) is 12.5 Å². The smallest absolute Gasteiger partial charge is 0.231 e. The zero-order chi connectivity index (χ0) is 17.3. The van der Waals surface area contributed by atoms with Gasteiger partial charge < -0.3 is 10.4 Å². The Morgan fingerprint density at radius 3 is 2.72 bits per heavy atom. The highest BCUT2D eigenvalue weighted by molar-refractivity contribution is 7.17. The molecule has 2 aromatic heterocycles. The van der Waals surface area contributed by atoms with Crippen LogP contribution < -0.4 is 5.32 Å². The first-order valence-electron chi connectivity index (χ1n) is 8.67. The fourth-order valence-electron chi connectivity index (χ4n) is 3.84. The van der Waals surface area contributed by atoms with E-state index in [1.54, 1.807) is 22.7 Å². The van der Waals surface area contributed by atoms with Gasteiger partial charge in [0, 0.05) is 21.7 Å². The fraction of sp³-hybridized carbons (Fsp3) is 0.350. The first-order chi connectivity index (χ1) is 12.2. The predicted octanol–water partition coefficient (Wildman–Crippen LogP) is 4.62. The highest BCUT2D eigenvalue weighted by Crippen LogP contribution is 2.43. The molecule has 130 valence electrons. The number of hydrogen-bond acceptors (Lipinski definition) is 4. The quantitative estimate of drug-likeness (QED) is 0.687. The van der Waals surface area contributed by atoms with Crippen molar-refractivity contribution in [2.24, 2.45) is 0 Å². The van der Waals surface area contributed by atoms with Gasteiger partial charge in [-0.2, -0.15) is 0 Å². The number of amides is 1. The van der Waals surface area contributed by atoms with Crippen molar-refractivity contribution >= 4 is 38.7 Å². The Morgan fingerprint density at radius 2 is 1.96 bits per heavy atom. The normalized spacial score (nSPS) is 17.6. The van der Waals surface area contributed by atoms with Gasteiger partial charge in [-0.1, -0.05) is 37.1 Å². The third-order valence-electron chi connectivity index (χ3n) is 5.21. The van der Waals surface area contributed by atoms with Gasteiger partial charge in [-0.15, -0.1) is 22.7 Å². The molecule has 4 rings (SSSR count). The molecule has 0 bridgehead atoms. The Hall–Kier alpha value is -1.69. The average molecular weight is 372 g/mol. The van der Waals surface area contributed by atoms with Gasteiger partial charge in [-0.25, -0.2) is 0 Å². The Labute approximate surface area is 155 Å². The van der Waals surface area contributed by atoms with E-state index in [1.165, 1.54) is 0 Å². The summed E-state index contributed by atoms with van der Waals surface area (Å²) >= 11 is 3.29. The summed E-state index contributed by atoms with van der Waals surface area (Å²) in [6.45, 7) is 0.257. The fourth-order valence-corrected chi connectivity index (χ4v) is 5.83. The van der Waals surface area contributed by atoms with Crippen LogP contribution in [0.2, 0.25) is 0 Å². The van der Waals surface area contributed by atoms with E-state index in [0.29, 0.717) is 0 Å². The lowest BCUT2D eigenvalue weighted by Gasteiger charge is -2.27. The topological polar surface area (TPSA) is 49.3 Å². The van der Waals surface area contributed by atoms with Gasteiger partial charge in [0.15, 0.2) is 0 Å². The van der Waals surface area contributed by atoms with E-state index in [1.807, 2.05) is 35.0 Å². The van der Waals surface area contributed by atoms with Crippen LogP contribution in [0.1, 0.15) is 42.2 Å². The molecule has 5 heteroatoms. The molecule has 0 aliphatic heterocycles. The van der Waals surface area contributed by atoms with Crippen molar-refractivity contribution in [3.63, 3.8) is 0 Å². The standard InChI is InChI=1S/C20H21NO2S2/c22-16(15-13-25-17-7-2-1-6-14(15)17)12-21-19(23)20(9-3-4-10-20)18-8-5-11-24-18/h1-2,5-8,11,13,16,22H,3-4,9-10,12H2,(H,21,23). The minimum Gasteiger partial charge on any atom is -0.387 e. The summed E-state index contributed by atoms with van der Waals surface area (Å²) in [6, 6.07) is 12.1. The maximum atomic E-state index is 13.0. The van der Waals surface area contributed by atoms with Crippen molar-refractivity contribution < 1.29 is 9.90 Å². The Morgan fingerprint density at radius 1 is 1.16 bits per heavy atom. The predicted molar refractivity (Wildman–Crippen MR) is 104 cm³/mol. The summed E-state index contributed by atoms with van der Waals surface area (Å²) in [5, 5.41) is 18.7. The SMILES string of the molecule is O=C(NCC(O)c1csc2ccccc12)C1(c2cccs2)CCCC1. The molecule has 2 heterocycles. The molecule has 0 spiro atoms. The Bertz CT molecular complexity index is 863. The van der Waals surface area contributed by atoms with Gasteiger partial charge in [0.2, 0.25) is 5.91 Å². The number of fused-ring (bicyclic) bond motifs is 1. The molecule has 1 fully saturated rings. The molecule has 1 atom stereocenters. The van der Waals surface area contributed by atoms with Crippen molar-refractivity contribution in [3.8, 4) is 0 Å². The van der Waals surface area contributed by atoms with E-state index in [0.717, 1.165) is 46.2 Å². The van der Waals surface area contributed by atoms with Crippen LogP contribution >= 0.6 is 22.7 Å². The summed E-state index contributed by atoms with van der Waals surface area (Å²) < 4.78 is 1.16. The minimum atomic E-state index is -0.679. The molecule has 3 aromatic rings. The van der Waals surface area contributed by atoms with Gasteiger partial charge in [-0.3, -0.25) is 4.79 Å². The second kappa shape index (κ2) is 6.90. The maximum Gasteiger partial charge on any atom is 0.231 e. The number of hydrogen-bond donors (Lipinski definition) is 2. The summed E-state index contributed by atoms with van der Waals surface area (Å²) in [6.07, 6.45) is 3.29. The molecule has 1 aromatic carbocycles. The molecule has 0 radical (unpaired) electrons. The number of rotatable bonds is 5. The highest BCUT2D eigenvalue weighted by Gasteiger charge is 2.43. The summed E-state index contributed by atoms with van der Waals surface area (Å²) in [7, 11) is 0. The molecule has 2 N–H and O–H groups in total. The lowest BCUT2D eigenvalue weighted by atomic mass is 9.83. The molecule has 1 aliphatic carbocycles. The maximum absolute atomic E-state index is 13.0. The number of benzene rings is 1. The largest absolute Gasteiger partial charge is 0.387 e. The zero-order valence-electron chi connectivity index (χ0n) is 13.9. The van der Waals surface area contributed by atoms with Gasteiger partial charge in [0.05, 0.1) is 11.5 Å². The van der Waals surface area contributed by atoms with Crippen molar-refractivity contribution in [1.29, 1.82) is 0 Å². The third kappa shape index (κ3) is 3.01. The molecule has 1 aliphatic rings. The van der Waals surface area contributed by atoms with Crippen molar-refractivity contribution in [1.82, 2.24) is 5.32 Å². The van der Waals surface area contributed by atoms with Crippen LogP contribution in [0.5, 0.6) is 0 Å². The number of carbonyl (C=O) groups excluding carboxylic acids is 1. The van der Waals surface area contributed by atoms with Gasteiger partial charge in [0.25, 0.3) is 0 Å². The summed E-state index contributed by atoms with van der Waals surface area (Å²) in [4.78, 5) is 14.1. The number of nitrogens with one attached hydrogen (secondary N) is 1. The first kappa shape index (κ1) is 16.8.